The Morgan fingerprint density at radius 2 is 2.11 bits per heavy atom. The van der Waals surface area contributed by atoms with E-state index in [0.717, 1.165) is 17.7 Å². The number of rotatable bonds is 2. The van der Waals surface area contributed by atoms with E-state index in [-0.39, 0.29) is 6.04 Å². The third-order valence-electron chi connectivity index (χ3n) is 3.08. The first kappa shape index (κ1) is 12.6. The van der Waals surface area contributed by atoms with Crippen LogP contribution in [0.1, 0.15) is 18.0 Å². The molecule has 1 aromatic heterocycles. The Morgan fingerprint density at radius 1 is 1.26 bits per heavy atom. The van der Waals surface area contributed by atoms with Gasteiger partial charge in [-0.3, -0.25) is 0 Å². The van der Waals surface area contributed by atoms with Gasteiger partial charge >= 0.3 is 0 Å². The number of fused-ring (bicyclic) bond motifs is 1. The summed E-state index contributed by atoms with van der Waals surface area (Å²) < 4.78 is 5.63. The van der Waals surface area contributed by atoms with Gasteiger partial charge in [-0.2, -0.15) is 0 Å². The van der Waals surface area contributed by atoms with Crippen molar-refractivity contribution in [1.29, 1.82) is 0 Å². The van der Waals surface area contributed by atoms with Crippen molar-refractivity contribution in [2.45, 2.75) is 12.5 Å². The van der Waals surface area contributed by atoms with Crippen LogP contribution in [0.4, 0.5) is 5.82 Å². The molecule has 1 N–H and O–H groups in total. The molecule has 2 heterocycles. The van der Waals surface area contributed by atoms with Crippen molar-refractivity contribution in [1.82, 2.24) is 4.98 Å². The molecule has 0 amide bonds. The molecule has 2 aromatic rings. The minimum Gasteiger partial charge on any atom is -0.493 e. The van der Waals surface area contributed by atoms with Crippen LogP contribution in [0.15, 0.2) is 36.5 Å². The molecule has 0 bridgehead atoms. The summed E-state index contributed by atoms with van der Waals surface area (Å²) in [5.74, 6) is 1.56. The normalized spacial score (nSPS) is 17.5. The Hall–Kier alpha value is -1.45. The fraction of sp³-hybridized carbons (Fsp3) is 0.214. The lowest BCUT2D eigenvalue weighted by molar-refractivity contribution is 0.274. The van der Waals surface area contributed by atoms with Gasteiger partial charge in [0.25, 0.3) is 0 Å². The molecule has 3 nitrogen and oxygen atoms in total. The van der Waals surface area contributed by atoms with Crippen molar-refractivity contribution < 1.29 is 4.74 Å². The highest BCUT2D eigenvalue weighted by molar-refractivity contribution is 6.35. The third kappa shape index (κ3) is 2.62. The summed E-state index contributed by atoms with van der Waals surface area (Å²) in [6.45, 7) is 0.680. The van der Waals surface area contributed by atoms with Crippen molar-refractivity contribution in [3.05, 3.63) is 52.1 Å². The van der Waals surface area contributed by atoms with Crippen LogP contribution in [0.3, 0.4) is 0 Å². The van der Waals surface area contributed by atoms with Gasteiger partial charge < -0.3 is 10.1 Å². The van der Waals surface area contributed by atoms with E-state index >= 15 is 0 Å². The molecule has 1 aromatic carbocycles. The van der Waals surface area contributed by atoms with Gasteiger partial charge in [-0.1, -0.05) is 41.4 Å². The van der Waals surface area contributed by atoms with Crippen LogP contribution in [0.5, 0.6) is 5.75 Å². The van der Waals surface area contributed by atoms with E-state index in [4.69, 9.17) is 27.9 Å². The topological polar surface area (TPSA) is 34.2 Å². The number of pyridine rings is 1. The predicted molar refractivity (Wildman–Crippen MR) is 77.2 cm³/mol. The number of halogens is 2. The fourth-order valence-corrected chi connectivity index (χ4v) is 2.61. The minimum absolute atomic E-state index is 0.149. The van der Waals surface area contributed by atoms with E-state index in [0.29, 0.717) is 22.5 Å². The molecule has 0 saturated carbocycles. The summed E-state index contributed by atoms with van der Waals surface area (Å²) >= 11 is 12.0. The molecule has 0 spiro atoms. The smallest absolute Gasteiger partial charge is 0.145 e. The Labute approximate surface area is 121 Å². The van der Waals surface area contributed by atoms with Crippen LogP contribution in [0.25, 0.3) is 0 Å². The van der Waals surface area contributed by atoms with Crippen LogP contribution >= 0.6 is 23.2 Å². The highest BCUT2D eigenvalue weighted by atomic mass is 35.5. The van der Waals surface area contributed by atoms with Crippen LogP contribution in [-0.2, 0) is 0 Å². The van der Waals surface area contributed by atoms with E-state index in [9.17, 15) is 0 Å². The van der Waals surface area contributed by atoms with Crippen LogP contribution in [0, 0.1) is 0 Å². The number of nitrogens with zero attached hydrogens (tertiary/aromatic N) is 1. The van der Waals surface area contributed by atoms with Crippen LogP contribution in [0.2, 0.25) is 10.0 Å². The largest absolute Gasteiger partial charge is 0.493 e. The second-order valence-corrected chi connectivity index (χ2v) is 5.20. The lowest BCUT2D eigenvalue weighted by Crippen LogP contribution is -2.20. The van der Waals surface area contributed by atoms with Crippen molar-refractivity contribution in [3.63, 3.8) is 0 Å². The summed E-state index contributed by atoms with van der Waals surface area (Å²) in [7, 11) is 0. The van der Waals surface area contributed by atoms with Gasteiger partial charge in [0.1, 0.15) is 11.6 Å². The van der Waals surface area contributed by atoms with Crippen LogP contribution < -0.4 is 10.1 Å². The Morgan fingerprint density at radius 3 is 2.95 bits per heavy atom. The zero-order chi connectivity index (χ0) is 13.2. The zero-order valence-corrected chi connectivity index (χ0v) is 11.6. The van der Waals surface area contributed by atoms with Gasteiger partial charge in [0.15, 0.2) is 0 Å². The average Bonchev–Trinajstić information content (AvgIpc) is 2.42. The van der Waals surface area contributed by atoms with Gasteiger partial charge in [-0.15, -0.1) is 0 Å². The molecule has 0 fully saturated rings. The second-order valence-electron chi connectivity index (χ2n) is 4.36. The molecular weight excluding hydrogens is 283 g/mol. The fourth-order valence-electron chi connectivity index (χ4n) is 2.18. The minimum atomic E-state index is 0.149. The SMILES string of the molecule is Clc1cnc(NC2CCOc3ccccc32)c(Cl)c1. The zero-order valence-electron chi connectivity index (χ0n) is 10.1. The number of hydrogen-bond donors (Lipinski definition) is 1. The average molecular weight is 295 g/mol. The second kappa shape index (κ2) is 5.27. The Bertz CT molecular complexity index is 604. The Balaban J connectivity index is 1.88. The number of aromatic nitrogens is 1. The highest BCUT2D eigenvalue weighted by Gasteiger charge is 2.21. The molecule has 0 saturated heterocycles. The molecule has 1 aliphatic rings. The monoisotopic (exact) mass is 294 g/mol. The number of nitrogens with one attached hydrogen (secondary N) is 1. The maximum atomic E-state index is 6.14. The van der Waals surface area contributed by atoms with E-state index < -0.39 is 0 Å². The highest BCUT2D eigenvalue weighted by Crippen LogP contribution is 2.35. The maximum absolute atomic E-state index is 6.14. The molecule has 98 valence electrons. The maximum Gasteiger partial charge on any atom is 0.145 e. The lowest BCUT2D eigenvalue weighted by atomic mass is 10.0. The summed E-state index contributed by atoms with van der Waals surface area (Å²) in [5, 5.41) is 4.41. The molecule has 1 atom stereocenters. The quantitative estimate of drug-likeness (QED) is 0.895. The van der Waals surface area contributed by atoms with E-state index in [1.54, 1.807) is 12.3 Å². The van der Waals surface area contributed by atoms with Crippen molar-refractivity contribution in [2.75, 3.05) is 11.9 Å². The van der Waals surface area contributed by atoms with Crippen molar-refractivity contribution >= 4 is 29.0 Å². The number of para-hydroxylation sites is 1. The van der Waals surface area contributed by atoms with E-state index in [1.807, 2.05) is 18.2 Å². The first-order valence-electron chi connectivity index (χ1n) is 6.03. The van der Waals surface area contributed by atoms with E-state index in [2.05, 4.69) is 16.4 Å². The van der Waals surface area contributed by atoms with Gasteiger partial charge in [0, 0.05) is 18.2 Å². The molecule has 3 rings (SSSR count). The first-order chi connectivity index (χ1) is 9.24. The number of anilines is 1. The number of benzene rings is 1. The summed E-state index contributed by atoms with van der Waals surface area (Å²) in [6, 6.07) is 9.82. The standard InChI is InChI=1S/C14H12Cl2N2O/c15-9-7-11(16)14(17-8-9)18-12-5-6-19-13-4-2-1-3-10(12)13/h1-4,7-8,12H,5-6H2,(H,17,18). The molecule has 19 heavy (non-hydrogen) atoms. The third-order valence-corrected chi connectivity index (χ3v) is 3.57. The van der Waals surface area contributed by atoms with Gasteiger partial charge in [-0.05, 0) is 12.1 Å². The molecule has 0 aliphatic carbocycles. The Kier molecular flexibility index (Phi) is 3.49. The molecule has 1 unspecified atom stereocenters. The summed E-state index contributed by atoms with van der Waals surface area (Å²) in [6.07, 6.45) is 2.46. The lowest BCUT2D eigenvalue weighted by Gasteiger charge is -2.27. The van der Waals surface area contributed by atoms with Gasteiger partial charge in [0.05, 0.1) is 22.7 Å². The molecule has 1 aliphatic heterocycles. The van der Waals surface area contributed by atoms with Crippen LogP contribution in [-0.4, -0.2) is 11.6 Å². The summed E-state index contributed by atoms with van der Waals surface area (Å²) in [4.78, 5) is 4.23. The number of hydrogen-bond acceptors (Lipinski definition) is 3. The number of ether oxygens (including phenoxy) is 1. The molecule has 0 radical (unpaired) electrons. The van der Waals surface area contributed by atoms with Gasteiger partial charge in [0.2, 0.25) is 0 Å². The van der Waals surface area contributed by atoms with Crippen molar-refractivity contribution in [2.24, 2.45) is 0 Å². The van der Waals surface area contributed by atoms with Crippen molar-refractivity contribution in [3.8, 4) is 5.75 Å². The van der Waals surface area contributed by atoms with E-state index in [1.165, 1.54) is 0 Å². The van der Waals surface area contributed by atoms with Gasteiger partial charge in [-0.25, -0.2) is 4.98 Å². The summed E-state index contributed by atoms with van der Waals surface area (Å²) in [5.41, 5.74) is 1.13. The molecule has 5 heteroatoms. The molecular formula is C14H12Cl2N2O. The predicted octanol–water partition coefficient (Wildman–Crippen LogP) is 4.32. The first-order valence-corrected chi connectivity index (χ1v) is 6.79.